The zero-order valence-corrected chi connectivity index (χ0v) is 8.39. The number of aromatic nitrogens is 1. The van der Waals surface area contributed by atoms with E-state index in [4.69, 9.17) is 9.84 Å². The minimum atomic E-state index is -0.818. The van der Waals surface area contributed by atoms with Gasteiger partial charge in [-0.3, -0.25) is 9.78 Å². The van der Waals surface area contributed by atoms with Crippen LogP contribution in [-0.4, -0.2) is 34.0 Å². The molecule has 6 heteroatoms. The van der Waals surface area contributed by atoms with Crippen LogP contribution in [0.2, 0.25) is 0 Å². The fraction of sp³-hybridized carbons (Fsp3) is 0.500. The Kier molecular flexibility index (Phi) is 3.04. The van der Waals surface area contributed by atoms with E-state index >= 15 is 0 Å². The number of hydrogen-bond acceptors (Lipinski definition) is 4. The monoisotopic (exact) mass is 229 g/mol. The molecule has 1 aliphatic rings. The summed E-state index contributed by atoms with van der Waals surface area (Å²) in [5, 5.41) is 18.4. The van der Waals surface area contributed by atoms with E-state index in [0.717, 1.165) is 0 Å². The molecular formula is C10H12FNO4. The van der Waals surface area contributed by atoms with E-state index < -0.39 is 29.8 Å². The Bertz CT molecular complexity index is 433. The van der Waals surface area contributed by atoms with Crippen LogP contribution in [0.3, 0.4) is 0 Å². The van der Waals surface area contributed by atoms with Gasteiger partial charge in [-0.15, -0.1) is 0 Å². The maximum absolute atomic E-state index is 13.4. The van der Waals surface area contributed by atoms with Crippen LogP contribution in [0.15, 0.2) is 16.9 Å². The summed E-state index contributed by atoms with van der Waals surface area (Å²) in [4.78, 5) is 12.8. The number of pyridine rings is 1. The molecule has 88 valence electrons. The van der Waals surface area contributed by atoms with E-state index in [1.165, 1.54) is 12.1 Å². The fourth-order valence-electron chi connectivity index (χ4n) is 1.80. The molecule has 1 aromatic rings. The van der Waals surface area contributed by atoms with Gasteiger partial charge in [-0.25, -0.2) is 0 Å². The van der Waals surface area contributed by atoms with Crippen molar-refractivity contribution in [2.45, 2.75) is 24.7 Å². The first-order valence-electron chi connectivity index (χ1n) is 4.95. The molecule has 2 rings (SSSR count). The Balaban J connectivity index is 2.23. The lowest BCUT2D eigenvalue weighted by atomic mass is 10.1. The Labute approximate surface area is 90.5 Å². The lowest BCUT2D eigenvalue weighted by Crippen LogP contribution is -2.24. The van der Waals surface area contributed by atoms with Crippen LogP contribution in [-0.2, 0) is 4.74 Å². The number of aliphatic hydroxyl groups is 2. The predicted molar refractivity (Wildman–Crippen MR) is 52.3 cm³/mol. The molecule has 0 radical (unpaired) electrons. The molecule has 0 aliphatic carbocycles. The molecule has 0 aromatic carbocycles. The topological polar surface area (TPSA) is 82.6 Å². The molecule has 0 amide bonds. The first kappa shape index (κ1) is 11.3. The van der Waals surface area contributed by atoms with Crippen molar-refractivity contribution in [3.05, 3.63) is 34.0 Å². The van der Waals surface area contributed by atoms with Crippen molar-refractivity contribution >= 4 is 0 Å². The molecule has 1 aromatic heterocycles. The molecule has 0 spiro atoms. The van der Waals surface area contributed by atoms with Gasteiger partial charge in [0.15, 0.2) is 5.95 Å². The summed E-state index contributed by atoms with van der Waals surface area (Å²) >= 11 is 0. The number of nitrogens with one attached hydrogen (secondary N) is 1. The first-order chi connectivity index (χ1) is 7.61. The highest BCUT2D eigenvalue weighted by atomic mass is 19.1. The van der Waals surface area contributed by atoms with Gasteiger partial charge in [0.2, 0.25) is 5.56 Å². The van der Waals surface area contributed by atoms with Gasteiger partial charge in [0.1, 0.15) is 6.10 Å². The molecule has 5 nitrogen and oxygen atoms in total. The number of hydrogen-bond donors (Lipinski definition) is 3. The molecule has 3 N–H and O–H groups in total. The minimum absolute atomic E-state index is 0.189. The highest BCUT2D eigenvalue weighted by molar-refractivity contribution is 5.16. The van der Waals surface area contributed by atoms with Crippen molar-refractivity contribution in [2.75, 3.05) is 6.61 Å². The molecule has 3 unspecified atom stereocenters. The second-order valence-electron chi connectivity index (χ2n) is 3.74. The van der Waals surface area contributed by atoms with E-state index in [-0.39, 0.29) is 18.6 Å². The average molecular weight is 229 g/mol. The number of rotatable bonds is 2. The SMILES string of the molecule is O=c1ccc(C2CC(O)C(CO)O2)c(F)[nH]1. The largest absolute Gasteiger partial charge is 0.394 e. The van der Waals surface area contributed by atoms with Gasteiger partial charge >= 0.3 is 0 Å². The molecule has 0 saturated carbocycles. The second-order valence-corrected chi connectivity index (χ2v) is 3.74. The summed E-state index contributed by atoms with van der Waals surface area (Å²) in [6, 6.07) is 2.52. The molecular weight excluding hydrogens is 217 g/mol. The van der Waals surface area contributed by atoms with Gasteiger partial charge in [0, 0.05) is 18.1 Å². The Morgan fingerprint density at radius 3 is 2.88 bits per heavy atom. The van der Waals surface area contributed by atoms with Crippen molar-refractivity contribution < 1.29 is 19.3 Å². The third kappa shape index (κ3) is 1.99. The quantitative estimate of drug-likeness (QED) is 0.608. The third-order valence-electron chi connectivity index (χ3n) is 2.65. The van der Waals surface area contributed by atoms with Crippen LogP contribution < -0.4 is 5.56 Å². The van der Waals surface area contributed by atoms with Crippen LogP contribution in [0.4, 0.5) is 4.39 Å². The second kappa shape index (κ2) is 4.32. The average Bonchev–Trinajstić information content (AvgIpc) is 2.59. The van der Waals surface area contributed by atoms with Crippen molar-refractivity contribution in [1.82, 2.24) is 4.98 Å². The van der Waals surface area contributed by atoms with Gasteiger partial charge in [-0.05, 0) is 6.07 Å². The zero-order valence-electron chi connectivity index (χ0n) is 8.39. The maximum Gasteiger partial charge on any atom is 0.250 e. The number of ether oxygens (including phenoxy) is 1. The Morgan fingerprint density at radius 2 is 2.31 bits per heavy atom. The van der Waals surface area contributed by atoms with Gasteiger partial charge in [0.25, 0.3) is 0 Å². The van der Waals surface area contributed by atoms with E-state index in [1.54, 1.807) is 0 Å². The molecule has 1 saturated heterocycles. The summed E-state index contributed by atoms with van der Waals surface area (Å²) < 4.78 is 18.6. The lowest BCUT2D eigenvalue weighted by molar-refractivity contribution is -0.0235. The molecule has 16 heavy (non-hydrogen) atoms. The van der Waals surface area contributed by atoms with E-state index in [2.05, 4.69) is 0 Å². The van der Waals surface area contributed by atoms with E-state index in [9.17, 15) is 14.3 Å². The van der Waals surface area contributed by atoms with Crippen molar-refractivity contribution in [1.29, 1.82) is 0 Å². The first-order valence-corrected chi connectivity index (χ1v) is 4.95. The Hall–Kier alpha value is -1.24. The zero-order chi connectivity index (χ0) is 11.7. The number of H-pyrrole nitrogens is 1. The number of halogens is 1. The predicted octanol–water partition coefficient (Wildman–Crippen LogP) is -0.303. The third-order valence-corrected chi connectivity index (χ3v) is 2.65. The summed E-state index contributed by atoms with van der Waals surface area (Å²) in [6.07, 6.45) is -1.95. The number of aromatic amines is 1. The highest BCUT2D eigenvalue weighted by Gasteiger charge is 2.35. The summed E-state index contributed by atoms with van der Waals surface area (Å²) in [7, 11) is 0. The van der Waals surface area contributed by atoms with Crippen molar-refractivity contribution in [3.8, 4) is 0 Å². The standard InChI is InChI=1S/C10H12FNO4/c11-10-5(1-2-9(15)12-10)7-3-6(14)8(4-13)16-7/h1-2,6-8,13-14H,3-4H2,(H,12,15). The van der Waals surface area contributed by atoms with Crippen LogP contribution >= 0.6 is 0 Å². The molecule has 3 atom stereocenters. The van der Waals surface area contributed by atoms with E-state index in [0.29, 0.717) is 0 Å². The number of aliphatic hydroxyl groups excluding tert-OH is 2. The van der Waals surface area contributed by atoms with Gasteiger partial charge < -0.3 is 14.9 Å². The Morgan fingerprint density at radius 1 is 1.56 bits per heavy atom. The van der Waals surface area contributed by atoms with Crippen LogP contribution in [0.25, 0.3) is 0 Å². The summed E-state index contributed by atoms with van der Waals surface area (Å²) in [5.74, 6) is -0.761. The minimum Gasteiger partial charge on any atom is -0.394 e. The van der Waals surface area contributed by atoms with Crippen molar-refractivity contribution in [2.24, 2.45) is 0 Å². The molecule has 2 heterocycles. The van der Waals surface area contributed by atoms with Gasteiger partial charge in [-0.2, -0.15) is 4.39 Å². The molecule has 0 bridgehead atoms. The van der Waals surface area contributed by atoms with Crippen molar-refractivity contribution in [3.63, 3.8) is 0 Å². The van der Waals surface area contributed by atoms with E-state index in [1.807, 2.05) is 4.98 Å². The lowest BCUT2D eigenvalue weighted by Gasteiger charge is -2.12. The normalized spacial score (nSPS) is 29.6. The smallest absolute Gasteiger partial charge is 0.250 e. The highest BCUT2D eigenvalue weighted by Crippen LogP contribution is 2.33. The summed E-state index contributed by atoms with van der Waals surface area (Å²) in [5.41, 5.74) is -0.340. The summed E-state index contributed by atoms with van der Waals surface area (Å²) in [6.45, 7) is -0.317. The van der Waals surface area contributed by atoms with Crippen LogP contribution in [0.5, 0.6) is 0 Å². The molecule has 1 aliphatic heterocycles. The van der Waals surface area contributed by atoms with Gasteiger partial charge in [0.05, 0.1) is 18.8 Å². The molecule has 1 fully saturated rings. The van der Waals surface area contributed by atoms with Gasteiger partial charge in [-0.1, -0.05) is 0 Å². The van der Waals surface area contributed by atoms with Crippen LogP contribution in [0.1, 0.15) is 18.1 Å². The van der Waals surface area contributed by atoms with Crippen LogP contribution in [0, 0.1) is 5.95 Å². The fourth-order valence-corrected chi connectivity index (χ4v) is 1.80. The maximum atomic E-state index is 13.4.